The molecule has 0 fully saturated rings. The van der Waals surface area contributed by atoms with Crippen molar-refractivity contribution in [1.29, 1.82) is 0 Å². The highest BCUT2D eigenvalue weighted by molar-refractivity contribution is 7.27. The number of hydrogen-bond acceptors (Lipinski definition) is 4. The van der Waals surface area contributed by atoms with Crippen LogP contribution in [0.3, 0.4) is 0 Å². The van der Waals surface area contributed by atoms with E-state index in [1.807, 2.05) is 34.0 Å². The van der Waals surface area contributed by atoms with Crippen molar-refractivity contribution in [1.82, 2.24) is 0 Å². The molecule has 244 valence electrons. The Morgan fingerprint density at radius 3 is 1.46 bits per heavy atom. The maximum atomic E-state index is 2.43. The van der Waals surface area contributed by atoms with E-state index in [2.05, 4.69) is 181 Å². The van der Waals surface area contributed by atoms with E-state index in [-0.39, 0.29) is 0 Å². The minimum Gasteiger partial charge on any atom is -0.309 e. The lowest BCUT2D eigenvalue weighted by Gasteiger charge is -2.26. The Hall–Kier alpha value is -5.78. The van der Waals surface area contributed by atoms with E-state index in [1.54, 1.807) is 0 Å². The third-order valence-corrected chi connectivity index (χ3v) is 13.9. The van der Waals surface area contributed by atoms with Crippen molar-refractivity contribution in [2.75, 3.05) is 4.90 Å². The number of hydrogen-bond donors (Lipinski definition) is 0. The standard InChI is InChI=1S/C48H29NS3/c1-5-17-44-36(9-1)39-13-7-12-35(47(39)51-44)31-21-26-34(27-22-31)49(42-15-8-14-40-37-10-2-6-18-45(37)52-48(40)42)33-24-19-30(20-25-33)32-23-28-46-41(29-32)38-11-3-4-16-43(38)50-46/h1-29H. The molecule has 11 rings (SSSR count). The molecule has 0 amide bonds. The zero-order chi connectivity index (χ0) is 34.2. The first-order chi connectivity index (χ1) is 25.8. The topological polar surface area (TPSA) is 3.24 Å². The molecule has 52 heavy (non-hydrogen) atoms. The van der Waals surface area contributed by atoms with Crippen LogP contribution >= 0.6 is 34.0 Å². The van der Waals surface area contributed by atoms with Crippen LogP contribution in [0.2, 0.25) is 0 Å². The van der Waals surface area contributed by atoms with Gasteiger partial charge in [0, 0.05) is 67.2 Å². The number of fused-ring (bicyclic) bond motifs is 9. The summed E-state index contributed by atoms with van der Waals surface area (Å²) in [6, 6.07) is 64.8. The molecule has 8 aromatic carbocycles. The molecule has 4 heteroatoms. The van der Waals surface area contributed by atoms with Crippen LogP contribution in [0.5, 0.6) is 0 Å². The number of thiophene rings is 3. The van der Waals surface area contributed by atoms with Gasteiger partial charge in [-0.15, -0.1) is 34.0 Å². The number of benzene rings is 8. The summed E-state index contributed by atoms with van der Waals surface area (Å²) in [6.45, 7) is 0. The third-order valence-electron chi connectivity index (χ3n) is 10.3. The molecule has 11 aromatic rings. The van der Waals surface area contributed by atoms with E-state index in [4.69, 9.17) is 0 Å². The first-order valence-electron chi connectivity index (χ1n) is 17.5. The van der Waals surface area contributed by atoms with Gasteiger partial charge < -0.3 is 4.90 Å². The highest BCUT2D eigenvalue weighted by Crippen LogP contribution is 2.46. The van der Waals surface area contributed by atoms with Gasteiger partial charge >= 0.3 is 0 Å². The Morgan fingerprint density at radius 2 is 0.788 bits per heavy atom. The van der Waals surface area contributed by atoms with Gasteiger partial charge in [-0.2, -0.15) is 0 Å². The van der Waals surface area contributed by atoms with Crippen molar-refractivity contribution < 1.29 is 0 Å². The van der Waals surface area contributed by atoms with Gasteiger partial charge in [0.05, 0.1) is 10.4 Å². The summed E-state index contributed by atoms with van der Waals surface area (Å²) in [6.07, 6.45) is 0. The lowest BCUT2D eigenvalue weighted by atomic mass is 10.0. The van der Waals surface area contributed by atoms with Gasteiger partial charge in [-0.05, 0) is 82.9 Å². The molecule has 3 heterocycles. The van der Waals surface area contributed by atoms with E-state index < -0.39 is 0 Å². The van der Waals surface area contributed by atoms with E-state index in [1.165, 1.54) is 88.5 Å². The second kappa shape index (κ2) is 11.9. The number of rotatable bonds is 5. The quantitative estimate of drug-likeness (QED) is 0.171. The Kier molecular flexibility index (Phi) is 6.84. The molecule has 0 saturated carbocycles. The summed E-state index contributed by atoms with van der Waals surface area (Å²) in [5.41, 5.74) is 8.42. The smallest absolute Gasteiger partial charge is 0.0640 e. The molecule has 0 aliphatic rings. The predicted molar refractivity (Wildman–Crippen MR) is 231 cm³/mol. The summed E-state index contributed by atoms with van der Waals surface area (Å²) in [4.78, 5) is 2.43. The van der Waals surface area contributed by atoms with Crippen LogP contribution in [-0.4, -0.2) is 0 Å². The normalized spacial score (nSPS) is 11.8. The maximum Gasteiger partial charge on any atom is 0.0640 e. The minimum atomic E-state index is 1.13. The second-order valence-electron chi connectivity index (χ2n) is 13.3. The fourth-order valence-corrected chi connectivity index (χ4v) is 11.3. The van der Waals surface area contributed by atoms with Crippen LogP contribution < -0.4 is 4.90 Å². The second-order valence-corrected chi connectivity index (χ2v) is 16.5. The first-order valence-corrected chi connectivity index (χ1v) is 19.9. The number of anilines is 3. The van der Waals surface area contributed by atoms with Crippen LogP contribution in [0.4, 0.5) is 17.1 Å². The highest BCUT2D eigenvalue weighted by atomic mass is 32.1. The van der Waals surface area contributed by atoms with E-state index in [9.17, 15) is 0 Å². The average molecular weight is 716 g/mol. The van der Waals surface area contributed by atoms with Crippen molar-refractivity contribution in [3.8, 4) is 22.3 Å². The minimum absolute atomic E-state index is 1.13. The Labute approximate surface area is 312 Å². The molecule has 0 bridgehead atoms. The fraction of sp³-hybridized carbons (Fsp3) is 0. The lowest BCUT2D eigenvalue weighted by Crippen LogP contribution is -2.10. The summed E-state index contributed by atoms with van der Waals surface area (Å²) in [5, 5.41) is 7.91. The van der Waals surface area contributed by atoms with Crippen LogP contribution in [0.25, 0.3) is 82.8 Å². The van der Waals surface area contributed by atoms with Crippen molar-refractivity contribution in [3.63, 3.8) is 0 Å². The summed E-state index contributed by atoms with van der Waals surface area (Å²) in [7, 11) is 0. The van der Waals surface area contributed by atoms with Gasteiger partial charge in [-0.1, -0.05) is 115 Å². The van der Waals surface area contributed by atoms with Crippen molar-refractivity contribution in [2.24, 2.45) is 0 Å². The molecular weight excluding hydrogens is 687 g/mol. The van der Waals surface area contributed by atoms with Gasteiger partial charge in [0.15, 0.2) is 0 Å². The van der Waals surface area contributed by atoms with Gasteiger partial charge in [-0.3, -0.25) is 0 Å². The first kappa shape index (κ1) is 29.9. The Morgan fingerprint density at radius 1 is 0.308 bits per heavy atom. The SMILES string of the molecule is c1ccc2c(c1)sc1ccc(-c3ccc(N(c4ccc(-c5cccc6c5sc5ccccc56)cc4)c4cccc5c4sc4ccccc45)cc3)cc12. The van der Waals surface area contributed by atoms with Gasteiger partial charge in [0.1, 0.15) is 0 Å². The van der Waals surface area contributed by atoms with Crippen LogP contribution in [0, 0.1) is 0 Å². The van der Waals surface area contributed by atoms with Gasteiger partial charge in [-0.25, -0.2) is 0 Å². The molecule has 0 aliphatic carbocycles. The van der Waals surface area contributed by atoms with E-state index in [0.29, 0.717) is 0 Å². The van der Waals surface area contributed by atoms with Crippen molar-refractivity contribution >= 4 is 112 Å². The largest absolute Gasteiger partial charge is 0.309 e. The summed E-state index contributed by atoms with van der Waals surface area (Å²) >= 11 is 5.62. The highest BCUT2D eigenvalue weighted by Gasteiger charge is 2.19. The van der Waals surface area contributed by atoms with E-state index >= 15 is 0 Å². The van der Waals surface area contributed by atoms with Gasteiger partial charge in [0.2, 0.25) is 0 Å². The zero-order valence-electron chi connectivity index (χ0n) is 27.9. The molecule has 0 N–H and O–H groups in total. The van der Waals surface area contributed by atoms with Crippen molar-refractivity contribution in [3.05, 3.63) is 176 Å². The lowest BCUT2D eigenvalue weighted by molar-refractivity contribution is 1.30. The maximum absolute atomic E-state index is 2.43. The van der Waals surface area contributed by atoms with Crippen LogP contribution in [-0.2, 0) is 0 Å². The molecule has 0 unspecified atom stereocenters. The Balaban J connectivity index is 1.04. The molecule has 1 nitrogen and oxygen atoms in total. The van der Waals surface area contributed by atoms with Crippen LogP contribution in [0.15, 0.2) is 176 Å². The molecule has 0 aliphatic heterocycles. The molecular formula is C48H29NS3. The predicted octanol–water partition coefficient (Wildman–Crippen LogP) is 15.6. The molecule has 3 aromatic heterocycles. The summed E-state index contributed by atoms with van der Waals surface area (Å²) in [5.74, 6) is 0. The summed E-state index contributed by atoms with van der Waals surface area (Å²) < 4.78 is 7.94. The number of nitrogens with zero attached hydrogens (tertiary/aromatic N) is 1. The average Bonchev–Trinajstić information content (AvgIpc) is 3.90. The van der Waals surface area contributed by atoms with Crippen molar-refractivity contribution in [2.45, 2.75) is 0 Å². The Bertz CT molecular complexity index is 3130. The van der Waals surface area contributed by atoms with E-state index in [0.717, 1.165) is 11.4 Å². The van der Waals surface area contributed by atoms with Crippen LogP contribution in [0.1, 0.15) is 0 Å². The monoisotopic (exact) mass is 715 g/mol. The molecule has 0 spiro atoms. The molecule has 0 atom stereocenters. The third kappa shape index (κ3) is 4.72. The molecule has 0 saturated heterocycles. The fourth-order valence-electron chi connectivity index (χ4n) is 7.81. The zero-order valence-corrected chi connectivity index (χ0v) is 30.4. The molecule has 0 radical (unpaired) electrons. The van der Waals surface area contributed by atoms with Gasteiger partial charge in [0.25, 0.3) is 0 Å².